The van der Waals surface area contributed by atoms with Gasteiger partial charge < -0.3 is 0 Å². The predicted molar refractivity (Wildman–Crippen MR) is 81.4 cm³/mol. The van der Waals surface area contributed by atoms with Gasteiger partial charge in [-0.25, -0.2) is 23.1 Å². The number of halogens is 3. The fourth-order valence-corrected chi connectivity index (χ4v) is 2.95. The maximum absolute atomic E-state index is 12.6. The van der Waals surface area contributed by atoms with Crippen molar-refractivity contribution in [3.8, 4) is 5.82 Å². The third kappa shape index (κ3) is 3.76. The van der Waals surface area contributed by atoms with E-state index in [1.165, 1.54) is 16.9 Å². The van der Waals surface area contributed by atoms with Gasteiger partial charge in [0, 0.05) is 18.5 Å². The standard InChI is InChI=1S/C14H10F3N5O2S/c15-14(16,17)10-2-4-11(5-3-10)25(23,24)21-12-8-13(19-9-18-12)22-7-1-6-20-22/h1-9H,(H,18,19,21). The Morgan fingerprint density at radius 2 is 1.80 bits per heavy atom. The lowest BCUT2D eigenvalue weighted by Gasteiger charge is -2.10. The van der Waals surface area contributed by atoms with Gasteiger partial charge in [0.2, 0.25) is 0 Å². The Kier molecular flexibility index (Phi) is 4.17. The Hall–Kier alpha value is -2.95. The van der Waals surface area contributed by atoms with Crippen LogP contribution in [0.25, 0.3) is 5.82 Å². The van der Waals surface area contributed by atoms with E-state index >= 15 is 0 Å². The third-order valence-corrected chi connectivity index (χ3v) is 4.49. The molecule has 0 bridgehead atoms. The zero-order valence-corrected chi connectivity index (χ0v) is 13.2. The van der Waals surface area contributed by atoms with Crippen molar-refractivity contribution >= 4 is 15.8 Å². The molecule has 25 heavy (non-hydrogen) atoms. The van der Waals surface area contributed by atoms with Crippen LogP contribution in [0, 0.1) is 0 Å². The number of alkyl halides is 3. The molecule has 0 fully saturated rings. The zero-order valence-electron chi connectivity index (χ0n) is 12.3. The van der Waals surface area contributed by atoms with E-state index in [1.807, 2.05) is 0 Å². The molecule has 3 rings (SSSR count). The first-order valence-electron chi connectivity index (χ1n) is 6.78. The molecule has 0 unspecified atom stereocenters. The summed E-state index contributed by atoms with van der Waals surface area (Å²) in [7, 11) is -4.10. The van der Waals surface area contributed by atoms with Crippen LogP contribution < -0.4 is 4.72 Å². The second-order valence-corrected chi connectivity index (χ2v) is 6.52. The monoisotopic (exact) mass is 369 g/mol. The van der Waals surface area contributed by atoms with Crippen LogP contribution >= 0.6 is 0 Å². The Labute approximate surface area is 140 Å². The molecular formula is C14H10F3N5O2S. The highest BCUT2D eigenvalue weighted by Crippen LogP contribution is 2.29. The first-order valence-corrected chi connectivity index (χ1v) is 8.26. The quantitative estimate of drug-likeness (QED) is 0.763. The van der Waals surface area contributed by atoms with Crippen molar-refractivity contribution < 1.29 is 21.6 Å². The minimum atomic E-state index is -4.54. The largest absolute Gasteiger partial charge is 0.416 e. The van der Waals surface area contributed by atoms with Crippen LogP contribution in [0.1, 0.15) is 5.56 Å². The van der Waals surface area contributed by atoms with Crippen molar-refractivity contribution in [3.05, 3.63) is 60.7 Å². The van der Waals surface area contributed by atoms with E-state index in [2.05, 4.69) is 19.8 Å². The highest BCUT2D eigenvalue weighted by atomic mass is 32.2. The Bertz CT molecular complexity index is 970. The van der Waals surface area contributed by atoms with Crippen molar-refractivity contribution in [3.63, 3.8) is 0 Å². The average molecular weight is 369 g/mol. The summed E-state index contributed by atoms with van der Waals surface area (Å²) in [5.74, 6) is 0.283. The fraction of sp³-hybridized carbons (Fsp3) is 0.0714. The summed E-state index contributed by atoms with van der Waals surface area (Å²) in [6.45, 7) is 0. The number of hydrogen-bond donors (Lipinski definition) is 1. The van der Waals surface area contributed by atoms with Gasteiger partial charge in [0.05, 0.1) is 10.5 Å². The van der Waals surface area contributed by atoms with Crippen molar-refractivity contribution in [1.82, 2.24) is 19.7 Å². The first-order chi connectivity index (χ1) is 11.8. The minimum Gasteiger partial charge on any atom is -0.263 e. The topological polar surface area (TPSA) is 89.8 Å². The molecule has 0 radical (unpaired) electrons. The van der Waals surface area contributed by atoms with Crippen molar-refractivity contribution in [2.45, 2.75) is 11.1 Å². The van der Waals surface area contributed by atoms with Gasteiger partial charge in [-0.1, -0.05) is 0 Å². The SMILES string of the molecule is O=S(=O)(Nc1cc(-n2cccn2)ncn1)c1ccc(C(F)(F)F)cc1. The maximum atomic E-state index is 12.6. The van der Waals surface area contributed by atoms with Crippen LogP contribution in [0.4, 0.5) is 19.0 Å². The van der Waals surface area contributed by atoms with E-state index in [4.69, 9.17) is 0 Å². The summed E-state index contributed by atoms with van der Waals surface area (Å²) in [6.07, 6.45) is -0.271. The number of hydrogen-bond acceptors (Lipinski definition) is 5. The lowest BCUT2D eigenvalue weighted by Crippen LogP contribution is -2.15. The van der Waals surface area contributed by atoms with Gasteiger partial charge in [0.25, 0.3) is 10.0 Å². The molecule has 0 aliphatic heterocycles. The molecule has 0 amide bonds. The molecule has 0 saturated heterocycles. The van der Waals surface area contributed by atoms with Gasteiger partial charge in [-0.15, -0.1) is 0 Å². The molecule has 3 aromatic rings. The Balaban J connectivity index is 1.86. The normalized spacial score (nSPS) is 12.1. The molecule has 130 valence electrons. The molecule has 7 nitrogen and oxygen atoms in total. The van der Waals surface area contributed by atoms with Gasteiger partial charge in [-0.2, -0.15) is 18.3 Å². The second kappa shape index (κ2) is 6.16. The van der Waals surface area contributed by atoms with Gasteiger partial charge >= 0.3 is 6.18 Å². The Morgan fingerprint density at radius 3 is 2.40 bits per heavy atom. The summed E-state index contributed by atoms with van der Waals surface area (Å²) < 4.78 is 65.8. The van der Waals surface area contributed by atoms with Crippen molar-refractivity contribution in [2.75, 3.05) is 4.72 Å². The van der Waals surface area contributed by atoms with E-state index < -0.39 is 21.8 Å². The smallest absolute Gasteiger partial charge is 0.263 e. The number of benzene rings is 1. The van der Waals surface area contributed by atoms with Crippen LogP contribution in [-0.4, -0.2) is 28.2 Å². The summed E-state index contributed by atoms with van der Waals surface area (Å²) >= 11 is 0. The molecule has 2 heterocycles. The lowest BCUT2D eigenvalue weighted by molar-refractivity contribution is -0.137. The summed E-state index contributed by atoms with van der Waals surface area (Å²) in [5.41, 5.74) is -0.936. The van der Waals surface area contributed by atoms with E-state index in [-0.39, 0.29) is 10.7 Å². The first kappa shape index (κ1) is 16.9. The highest BCUT2D eigenvalue weighted by molar-refractivity contribution is 7.92. The second-order valence-electron chi connectivity index (χ2n) is 4.84. The molecular weight excluding hydrogens is 359 g/mol. The summed E-state index contributed by atoms with van der Waals surface area (Å²) in [6, 6.07) is 6.15. The molecule has 0 aliphatic carbocycles. The number of rotatable bonds is 4. The third-order valence-electron chi connectivity index (χ3n) is 3.12. The Morgan fingerprint density at radius 1 is 1.08 bits per heavy atom. The van der Waals surface area contributed by atoms with Gasteiger partial charge in [0.15, 0.2) is 5.82 Å². The molecule has 1 aromatic carbocycles. The van der Waals surface area contributed by atoms with E-state index in [9.17, 15) is 21.6 Å². The number of nitrogens with one attached hydrogen (secondary N) is 1. The molecule has 2 aromatic heterocycles. The van der Waals surface area contributed by atoms with Crippen LogP contribution in [0.15, 0.2) is 60.0 Å². The van der Waals surface area contributed by atoms with E-state index in [1.54, 1.807) is 12.3 Å². The molecule has 0 saturated carbocycles. The molecule has 1 N–H and O–H groups in total. The van der Waals surface area contributed by atoms with Crippen molar-refractivity contribution in [2.24, 2.45) is 0 Å². The minimum absolute atomic E-state index is 0.0413. The van der Waals surface area contributed by atoms with Gasteiger partial charge in [-0.3, -0.25) is 4.72 Å². The number of anilines is 1. The van der Waals surface area contributed by atoms with Crippen LogP contribution in [0.3, 0.4) is 0 Å². The summed E-state index contributed by atoms with van der Waals surface area (Å²) in [4.78, 5) is 7.43. The molecule has 0 spiro atoms. The fourth-order valence-electron chi connectivity index (χ4n) is 1.95. The zero-order chi connectivity index (χ0) is 18.1. The summed E-state index contributed by atoms with van der Waals surface area (Å²) in [5, 5.41) is 3.96. The predicted octanol–water partition coefficient (Wildman–Crippen LogP) is 2.48. The molecule has 0 aliphatic rings. The highest BCUT2D eigenvalue weighted by Gasteiger charge is 2.30. The number of sulfonamides is 1. The molecule has 11 heteroatoms. The maximum Gasteiger partial charge on any atom is 0.416 e. The number of aromatic nitrogens is 4. The van der Waals surface area contributed by atoms with Crippen LogP contribution in [0.5, 0.6) is 0 Å². The van der Waals surface area contributed by atoms with Crippen LogP contribution in [0.2, 0.25) is 0 Å². The van der Waals surface area contributed by atoms with Gasteiger partial charge in [-0.05, 0) is 30.3 Å². The number of nitrogens with zero attached hydrogens (tertiary/aromatic N) is 4. The van der Waals surface area contributed by atoms with E-state index in [0.29, 0.717) is 18.0 Å². The average Bonchev–Trinajstić information content (AvgIpc) is 3.08. The van der Waals surface area contributed by atoms with E-state index in [0.717, 1.165) is 18.5 Å². The lowest BCUT2D eigenvalue weighted by atomic mass is 10.2. The van der Waals surface area contributed by atoms with Gasteiger partial charge in [0.1, 0.15) is 12.1 Å². The van der Waals surface area contributed by atoms with Crippen LogP contribution in [-0.2, 0) is 16.2 Å². The van der Waals surface area contributed by atoms with Crippen molar-refractivity contribution in [1.29, 1.82) is 0 Å². The molecule has 0 atom stereocenters.